The van der Waals surface area contributed by atoms with Crippen molar-refractivity contribution in [2.75, 3.05) is 14.2 Å². The molecule has 0 spiro atoms. The fourth-order valence-electron chi connectivity index (χ4n) is 5.12. The van der Waals surface area contributed by atoms with Gasteiger partial charge in [-0.3, -0.25) is 0 Å². The Morgan fingerprint density at radius 2 is 1.68 bits per heavy atom. The van der Waals surface area contributed by atoms with Gasteiger partial charge < -0.3 is 24.4 Å². The molecule has 0 amide bonds. The molecule has 8 heteroatoms. The Kier molecular flexibility index (Phi) is 6.86. The largest absolute Gasteiger partial charge is 0.496 e. The average Bonchev–Trinajstić information content (AvgIpc) is 3.50. The predicted molar refractivity (Wildman–Crippen MR) is 138 cm³/mol. The second-order valence-electron chi connectivity index (χ2n) is 9.36. The van der Waals surface area contributed by atoms with Gasteiger partial charge in [-0.2, -0.15) is 5.10 Å². The van der Waals surface area contributed by atoms with E-state index in [0.717, 1.165) is 18.4 Å². The minimum absolute atomic E-state index is 0.0704. The van der Waals surface area contributed by atoms with E-state index < -0.39 is 18.2 Å². The summed E-state index contributed by atoms with van der Waals surface area (Å²) in [5.41, 5.74) is 5.30. The van der Waals surface area contributed by atoms with Crippen LogP contribution in [0.15, 0.2) is 60.7 Å². The number of nitrogens with zero attached hydrogens (tertiary/aromatic N) is 2. The molecule has 192 valence electrons. The summed E-state index contributed by atoms with van der Waals surface area (Å²) in [6, 6.07) is 18.7. The van der Waals surface area contributed by atoms with Gasteiger partial charge in [0.25, 0.3) is 0 Å². The zero-order valence-electron chi connectivity index (χ0n) is 21.0. The van der Waals surface area contributed by atoms with Crippen molar-refractivity contribution in [1.29, 1.82) is 0 Å². The van der Waals surface area contributed by atoms with Gasteiger partial charge >= 0.3 is 5.97 Å². The third kappa shape index (κ3) is 4.90. The third-order valence-electron chi connectivity index (χ3n) is 7.02. The summed E-state index contributed by atoms with van der Waals surface area (Å²) in [5, 5.41) is 25.7. The first-order valence-corrected chi connectivity index (χ1v) is 12.2. The number of benzene rings is 2. The van der Waals surface area contributed by atoms with E-state index in [1.54, 1.807) is 38.5 Å². The molecule has 0 bridgehead atoms. The molecule has 5 rings (SSSR count). The fourth-order valence-corrected chi connectivity index (χ4v) is 5.12. The van der Waals surface area contributed by atoms with Gasteiger partial charge in [-0.15, -0.1) is 0 Å². The number of methoxy groups -OCH3 is 2. The quantitative estimate of drug-likeness (QED) is 0.354. The zero-order chi connectivity index (χ0) is 26.1. The third-order valence-corrected chi connectivity index (χ3v) is 7.02. The summed E-state index contributed by atoms with van der Waals surface area (Å²) in [4.78, 5) is 11.7. The van der Waals surface area contributed by atoms with Crippen molar-refractivity contribution >= 4 is 11.5 Å². The number of carboxylic acids is 1. The summed E-state index contributed by atoms with van der Waals surface area (Å²) >= 11 is 0. The number of carboxylic acid groups (broad SMARTS) is 1. The highest BCUT2D eigenvalue weighted by atomic mass is 16.5. The van der Waals surface area contributed by atoms with Crippen molar-refractivity contribution in [2.45, 2.75) is 44.5 Å². The van der Waals surface area contributed by atoms with Crippen LogP contribution in [0.3, 0.4) is 0 Å². The van der Waals surface area contributed by atoms with Gasteiger partial charge in [0.05, 0.1) is 37.6 Å². The smallest absolute Gasteiger partial charge is 0.354 e. The molecule has 2 aromatic heterocycles. The maximum atomic E-state index is 11.7. The molecule has 2 unspecified atom stereocenters. The van der Waals surface area contributed by atoms with Gasteiger partial charge in [-0.1, -0.05) is 30.3 Å². The lowest BCUT2D eigenvalue weighted by atomic mass is 9.98. The Balaban J connectivity index is 1.49. The number of aliphatic hydroxyl groups excluding tert-OH is 1. The van der Waals surface area contributed by atoms with Crippen molar-refractivity contribution in [3.8, 4) is 11.5 Å². The Hall–Kier alpha value is -3.88. The second-order valence-corrected chi connectivity index (χ2v) is 9.36. The van der Waals surface area contributed by atoms with E-state index in [0.29, 0.717) is 28.3 Å². The van der Waals surface area contributed by atoms with Gasteiger partial charge in [0, 0.05) is 12.0 Å². The maximum Gasteiger partial charge on any atom is 0.354 e. The lowest BCUT2D eigenvalue weighted by molar-refractivity contribution is -0.0747. The van der Waals surface area contributed by atoms with Crippen molar-refractivity contribution < 1.29 is 29.2 Å². The first-order valence-electron chi connectivity index (χ1n) is 12.2. The molecule has 0 radical (unpaired) electrons. The van der Waals surface area contributed by atoms with Crippen LogP contribution in [0.2, 0.25) is 0 Å². The molecule has 0 aliphatic heterocycles. The molecule has 8 nitrogen and oxygen atoms in total. The van der Waals surface area contributed by atoms with E-state index in [1.165, 1.54) is 21.7 Å². The number of hydrogen-bond donors (Lipinski definition) is 2. The second kappa shape index (κ2) is 10.2. The highest BCUT2D eigenvalue weighted by molar-refractivity contribution is 5.86. The van der Waals surface area contributed by atoms with E-state index >= 15 is 0 Å². The Morgan fingerprint density at radius 1 is 1.03 bits per heavy atom. The zero-order valence-corrected chi connectivity index (χ0v) is 21.0. The maximum absolute atomic E-state index is 11.7. The van der Waals surface area contributed by atoms with Gasteiger partial charge in [0.15, 0.2) is 0 Å². The standard InChI is InChI=1S/C29H30N2O6/c1-17-25(35-2)13-20(14-26(17)36-3)28(32)27(37-23-11-18-7-4-5-8-19(18)12-23)16-21-15-22-9-6-10-24(29(33)34)31(22)30-21/h4-10,13-15,23,27-28,32H,11-12,16H2,1-3H3,(H,33,34). The summed E-state index contributed by atoms with van der Waals surface area (Å²) < 4.78 is 19.0. The first-order chi connectivity index (χ1) is 17.9. The molecule has 4 aromatic rings. The number of aliphatic hydroxyl groups is 1. The summed E-state index contributed by atoms with van der Waals surface area (Å²) in [6.07, 6.45) is 0.0545. The lowest BCUT2D eigenvalue weighted by Gasteiger charge is -2.27. The van der Waals surface area contributed by atoms with Gasteiger partial charge in [-0.25, -0.2) is 9.31 Å². The van der Waals surface area contributed by atoms with Crippen LogP contribution in [-0.4, -0.2) is 52.2 Å². The van der Waals surface area contributed by atoms with Crippen LogP contribution >= 0.6 is 0 Å². The number of aromatic carboxylic acids is 1. The Labute approximate surface area is 215 Å². The average molecular weight is 503 g/mol. The van der Waals surface area contributed by atoms with Crippen LogP contribution in [0.25, 0.3) is 5.52 Å². The molecule has 2 atom stereocenters. The fraction of sp³-hybridized carbons (Fsp3) is 0.310. The SMILES string of the molecule is COc1cc(C(O)C(Cc2cc3cccc(C(=O)O)n3n2)OC2Cc3ccccc3C2)cc(OC)c1C. The van der Waals surface area contributed by atoms with E-state index in [1.807, 2.05) is 25.1 Å². The number of hydrogen-bond acceptors (Lipinski definition) is 6. The molecule has 2 N–H and O–H groups in total. The van der Waals surface area contributed by atoms with Crippen molar-refractivity contribution in [2.24, 2.45) is 0 Å². The van der Waals surface area contributed by atoms with Crippen molar-refractivity contribution in [1.82, 2.24) is 9.61 Å². The monoisotopic (exact) mass is 502 g/mol. The molecule has 1 aliphatic carbocycles. The summed E-state index contributed by atoms with van der Waals surface area (Å²) in [5.74, 6) is 0.161. The molecule has 0 fully saturated rings. The van der Waals surface area contributed by atoms with Crippen LogP contribution < -0.4 is 9.47 Å². The molecule has 2 heterocycles. The Bertz CT molecular complexity index is 1400. The number of carbonyl (C=O) groups is 1. The number of fused-ring (bicyclic) bond motifs is 2. The number of aromatic nitrogens is 2. The lowest BCUT2D eigenvalue weighted by Crippen LogP contribution is -2.30. The molecule has 2 aromatic carbocycles. The van der Waals surface area contributed by atoms with Crippen LogP contribution in [0.5, 0.6) is 11.5 Å². The van der Waals surface area contributed by atoms with Crippen LogP contribution in [0.4, 0.5) is 0 Å². The van der Waals surface area contributed by atoms with Gasteiger partial charge in [0.1, 0.15) is 23.3 Å². The van der Waals surface area contributed by atoms with Crippen molar-refractivity contribution in [3.05, 3.63) is 94.3 Å². The molecule has 0 saturated heterocycles. The van der Waals surface area contributed by atoms with E-state index in [-0.39, 0.29) is 18.2 Å². The first kappa shape index (κ1) is 24.8. The summed E-state index contributed by atoms with van der Waals surface area (Å²) in [7, 11) is 3.16. The minimum Gasteiger partial charge on any atom is -0.496 e. The molecule has 1 aliphatic rings. The van der Waals surface area contributed by atoms with Gasteiger partial charge in [-0.05, 0) is 66.8 Å². The normalized spacial score (nSPS) is 14.9. The van der Waals surface area contributed by atoms with Gasteiger partial charge in [0.2, 0.25) is 0 Å². The topological polar surface area (TPSA) is 103 Å². The highest BCUT2D eigenvalue weighted by Gasteiger charge is 2.31. The molecule has 0 saturated carbocycles. The minimum atomic E-state index is -1.06. The van der Waals surface area contributed by atoms with Crippen LogP contribution in [-0.2, 0) is 24.0 Å². The highest BCUT2D eigenvalue weighted by Crippen LogP contribution is 2.35. The number of rotatable bonds is 9. The number of ether oxygens (including phenoxy) is 3. The number of pyridine rings is 1. The van der Waals surface area contributed by atoms with E-state index in [4.69, 9.17) is 14.2 Å². The molecule has 37 heavy (non-hydrogen) atoms. The van der Waals surface area contributed by atoms with Crippen molar-refractivity contribution in [3.63, 3.8) is 0 Å². The summed E-state index contributed by atoms with van der Waals surface area (Å²) in [6.45, 7) is 1.90. The van der Waals surface area contributed by atoms with Crippen LogP contribution in [0, 0.1) is 6.92 Å². The molecular formula is C29H30N2O6. The Morgan fingerprint density at radius 3 is 2.27 bits per heavy atom. The molecular weight excluding hydrogens is 472 g/mol. The van der Waals surface area contributed by atoms with Crippen LogP contribution in [0.1, 0.15) is 44.5 Å². The predicted octanol–water partition coefficient (Wildman–Crippen LogP) is 4.19. The van der Waals surface area contributed by atoms with E-state index in [9.17, 15) is 15.0 Å². The van der Waals surface area contributed by atoms with E-state index in [2.05, 4.69) is 17.2 Å².